The lowest BCUT2D eigenvalue weighted by Crippen LogP contribution is -2.18. The lowest BCUT2D eigenvalue weighted by atomic mass is 9.99. The van der Waals surface area contributed by atoms with Crippen LogP contribution in [0.3, 0.4) is 0 Å². The molecule has 0 saturated carbocycles. The van der Waals surface area contributed by atoms with Gasteiger partial charge in [-0.3, -0.25) is 0 Å². The van der Waals surface area contributed by atoms with E-state index in [0.717, 1.165) is 51.1 Å². The fourth-order valence-corrected chi connectivity index (χ4v) is 9.21. The molecule has 0 spiro atoms. The van der Waals surface area contributed by atoms with Gasteiger partial charge in [0.2, 0.25) is 0 Å². The summed E-state index contributed by atoms with van der Waals surface area (Å²) >= 11 is 0. The van der Waals surface area contributed by atoms with Crippen molar-refractivity contribution in [2.75, 3.05) is 9.80 Å². The average Bonchev–Trinajstić information content (AvgIpc) is 3.73. The van der Waals surface area contributed by atoms with Crippen LogP contribution in [0.5, 0.6) is 0 Å². The summed E-state index contributed by atoms with van der Waals surface area (Å²) in [5, 5.41) is 5.02. The molecule has 0 radical (unpaired) electrons. The molecule has 2 bridgehead atoms. The molecule has 2 aromatic heterocycles. The molecule has 0 unspecified atom stereocenters. The van der Waals surface area contributed by atoms with E-state index in [0.29, 0.717) is 0 Å². The van der Waals surface area contributed by atoms with Crippen LogP contribution in [0.1, 0.15) is 5.56 Å². The first-order valence-corrected chi connectivity index (χ1v) is 20.1. The van der Waals surface area contributed by atoms with E-state index in [9.17, 15) is 0 Å². The third-order valence-electron chi connectivity index (χ3n) is 11.8. The summed E-state index contributed by atoms with van der Waals surface area (Å²) in [5.74, 6) is 0. The Balaban J connectivity index is 0.980. The Morgan fingerprint density at radius 3 is 1.22 bits per heavy atom. The molecule has 8 aromatic carbocycles. The molecular formula is C55H36N4. The third kappa shape index (κ3) is 5.25. The number of hydrogen-bond acceptors (Lipinski definition) is 2. The standard InChI is InChI=1S/C55H36N4/c1-2-14-45-37-38(13-1)46-15-3-8-20-51(46)57(45)42-31-25-39(26-32-42)56(40-27-33-43(34-28-40)58-52-21-9-4-16-47(52)48-17-5-10-22-53(48)58)41-29-35-44(36-30-41)59-54-23-11-6-18-49(54)50-19-7-12-24-55(50)59/h1-36H. The largest absolute Gasteiger partial charge is 0.310 e. The van der Waals surface area contributed by atoms with Gasteiger partial charge in [-0.05, 0) is 115 Å². The van der Waals surface area contributed by atoms with Gasteiger partial charge in [0, 0.05) is 66.8 Å². The molecule has 59 heavy (non-hydrogen) atoms. The molecule has 0 amide bonds. The van der Waals surface area contributed by atoms with Gasteiger partial charge in [0.25, 0.3) is 0 Å². The van der Waals surface area contributed by atoms with Gasteiger partial charge in [0.05, 0.1) is 33.5 Å². The highest BCUT2D eigenvalue weighted by Gasteiger charge is 2.23. The zero-order valence-electron chi connectivity index (χ0n) is 32.1. The Morgan fingerprint density at radius 2 is 0.746 bits per heavy atom. The minimum atomic E-state index is 1.02. The lowest BCUT2D eigenvalue weighted by Gasteiger charge is -2.31. The van der Waals surface area contributed by atoms with E-state index < -0.39 is 0 Å². The first-order chi connectivity index (χ1) is 29.3. The Hall–Kier alpha value is -8.04. The van der Waals surface area contributed by atoms with Gasteiger partial charge >= 0.3 is 0 Å². The summed E-state index contributed by atoms with van der Waals surface area (Å²) in [6.07, 6.45) is 8.46. The van der Waals surface area contributed by atoms with E-state index >= 15 is 0 Å². The van der Waals surface area contributed by atoms with Crippen molar-refractivity contribution >= 4 is 77.6 Å². The average molecular weight is 753 g/mol. The maximum atomic E-state index is 3.66. The molecule has 0 saturated heterocycles. The van der Waals surface area contributed by atoms with Crippen molar-refractivity contribution in [2.24, 2.45) is 0 Å². The van der Waals surface area contributed by atoms with Crippen molar-refractivity contribution in [3.8, 4) is 11.4 Å². The normalized spacial score (nSPS) is 13.2. The van der Waals surface area contributed by atoms with Crippen LogP contribution in [-0.4, -0.2) is 9.13 Å². The minimum Gasteiger partial charge on any atom is -0.310 e. The fourth-order valence-electron chi connectivity index (χ4n) is 9.21. The molecule has 0 atom stereocenters. The number of nitrogens with zero attached hydrogens (tertiary/aromatic N) is 4. The van der Waals surface area contributed by atoms with Crippen LogP contribution in [0.4, 0.5) is 28.4 Å². The smallest absolute Gasteiger partial charge is 0.0896 e. The molecule has 1 aliphatic carbocycles. The van der Waals surface area contributed by atoms with E-state index in [1.807, 2.05) is 0 Å². The molecule has 1 aliphatic heterocycles. The molecule has 276 valence electrons. The topological polar surface area (TPSA) is 16.3 Å². The van der Waals surface area contributed by atoms with Gasteiger partial charge in [-0.2, -0.15) is 0 Å². The number of fused-ring (bicyclic) bond motifs is 8. The first kappa shape index (κ1) is 33.1. The van der Waals surface area contributed by atoms with E-state index in [1.54, 1.807) is 0 Å². The van der Waals surface area contributed by atoms with Crippen molar-refractivity contribution in [3.63, 3.8) is 0 Å². The van der Waals surface area contributed by atoms with Crippen LogP contribution < -0.4 is 9.80 Å². The van der Waals surface area contributed by atoms with Crippen molar-refractivity contribution < 1.29 is 0 Å². The number of aromatic nitrogens is 2. The maximum Gasteiger partial charge on any atom is 0.0896 e. The second-order valence-electron chi connectivity index (χ2n) is 15.1. The van der Waals surface area contributed by atoms with E-state index in [-0.39, 0.29) is 0 Å². The molecular weight excluding hydrogens is 717 g/mol. The first-order valence-electron chi connectivity index (χ1n) is 20.1. The summed E-state index contributed by atoms with van der Waals surface area (Å²) in [7, 11) is 0. The van der Waals surface area contributed by atoms with Crippen LogP contribution in [-0.2, 0) is 0 Å². The van der Waals surface area contributed by atoms with Crippen LogP contribution in [0.25, 0.3) is 60.6 Å². The molecule has 10 aromatic rings. The van der Waals surface area contributed by atoms with Gasteiger partial charge < -0.3 is 18.9 Å². The van der Waals surface area contributed by atoms with Crippen molar-refractivity contribution in [1.82, 2.24) is 9.13 Å². The van der Waals surface area contributed by atoms with E-state index in [4.69, 9.17) is 0 Å². The Kier molecular flexibility index (Phi) is 7.46. The van der Waals surface area contributed by atoms with Gasteiger partial charge in [0.15, 0.2) is 0 Å². The van der Waals surface area contributed by atoms with E-state index in [1.165, 1.54) is 49.2 Å². The minimum absolute atomic E-state index is 1.02. The predicted octanol–water partition coefficient (Wildman–Crippen LogP) is 14.5. The summed E-state index contributed by atoms with van der Waals surface area (Å²) in [6.45, 7) is 0. The zero-order chi connectivity index (χ0) is 38.9. The summed E-state index contributed by atoms with van der Waals surface area (Å²) in [6, 6.07) is 70.2. The van der Waals surface area contributed by atoms with Crippen molar-refractivity contribution in [3.05, 3.63) is 235 Å². The van der Waals surface area contributed by atoms with Gasteiger partial charge in [-0.15, -0.1) is 0 Å². The van der Waals surface area contributed by atoms with Crippen molar-refractivity contribution in [2.45, 2.75) is 0 Å². The van der Waals surface area contributed by atoms with Gasteiger partial charge in [-0.25, -0.2) is 0 Å². The SMILES string of the molecule is C1=C2C=CC=CC=1N(c1ccc(N(c3ccc(-n4c5ccccc5c5ccccc54)cc3)c3ccc(-n4c5ccccc5c5ccccc54)cc3)cc1)c1ccccc12. The molecule has 4 nitrogen and oxygen atoms in total. The molecule has 0 N–H and O–H groups in total. The van der Waals surface area contributed by atoms with Gasteiger partial charge in [0.1, 0.15) is 0 Å². The second-order valence-corrected chi connectivity index (χ2v) is 15.1. The Bertz CT molecular complexity index is 3140. The van der Waals surface area contributed by atoms with Crippen LogP contribution in [0, 0.1) is 0 Å². The number of rotatable bonds is 6. The molecule has 0 fully saturated rings. The Morgan fingerprint density at radius 1 is 0.356 bits per heavy atom. The lowest BCUT2D eigenvalue weighted by molar-refractivity contribution is 1.16. The number of para-hydroxylation sites is 5. The molecule has 12 rings (SSSR count). The third-order valence-corrected chi connectivity index (χ3v) is 11.8. The summed E-state index contributed by atoms with van der Waals surface area (Å²) in [5.41, 5.74) is 19.4. The highest BCUT2D eigenvalue weighted by molar-refractivity contribution is 6.10. The number of anilines is 5. The number of benzene rings is 8. The Labute approximate surface area is 342 Å². The van der Waals surface area contributed by atoms with Crippen LogP contribution in [0.2, 0.25) is 0 Å². The maximum absolute atomic E-state index is 3.66. The molecule has 2 aliphatic rings. The predicted molar refractivity (Wildman–Crippen MR) is 247 cm³/mol. The second kappa shape index (κ2) is 13.3. The summed E-state index contributed by atoms with van der Waals surface area (Å²) in [4.78, 5) is 4.66. The highest BCUT2D eigenvalue weighted by Crippen LogP contribution is 2.43. The van der Waals surface area contributed by atoms with E-state index in [2.05, 4.69) is 243 Å². The quantitative estimate of drug-likeness (QED) is 0.157. The number of allylic oxidation sites excluding steroid dienone is 4. The molecule has 3 heterocycles. The van der Waals surface area contributed by atoms with Crippen LogP contribution >= 0.6 is 0 Å². The van der Waals surface area contributed by atoms with Gasteiger partial charge in [-0.1, -0.05) is 109 Å². The summed E-state index contributed by atoms with van der Waals surface area (Å²) < 4.78 is 4.74. The zero-order valence-corrected chi connectivity index (χ0v) is 32.1. The fraction of sp³-hybridized carbons (Fsp3) is 0. The van der Waals surface area contributed by atoms with Crippen LogP contribution in [0.15, 0.2) is 230 Å². The molecule has 4 heteroatoms. The van der Waals surface area contributed by atoms with Crippen molar-refractivity contribution in [1.29, 1.82) is 0 Å². The number of hydrogen-bond donors (Lipinski definition) is 0. The monoisotopic (exact) mass is 752 g/mol. The highest BCUT2D eigenvalue weighted by atomic mass is 15.2.